The zero-order valence-electron chi connectivity index (χ0n) is 13.2. The molecule has 1 fully saturated rings. The van der Waals surface area contributed by atoms with Crippen molar-refractivity contribution in [3.8, 4) is 0 Å². The largest absolute Gasteiger partial charge is 0.416 e. The third kappa shape index (κ3) is 4.23. The molecule has 1 aromatic heterocycles. The Morgan fingerprint density at radius 3 is 2.67 bits per heavy atom. The van der Waals surface area contributed by atoms with Crippen LogP contribution in [0.3, 0.4) is 0 Å². The first-order chi connectivity index (χ1) is 11.0. The molecule has 1 amide bonds. The van der Waals surface area contributed by atoms with Gasteiger partial charge in [0, 0.05) is 31.8 Å². The lowest BCUT2D eigenvalue weighted by Gasteiger charge is -2.23. The summed E-state index contributed by atoms with van der Waals surface area (Å²) in [6, 6.07) is 0.182. The highest BCUT2D eigenvalue weighted by molar-refractivity contribution is 7.88. The van der Waals surface area contributed by atoms with Gasteiger partial charge in [-0.25, -0.2) is 8.42 Å². The summed E-state index contributed by atoms with van der Waals surface area (Å²) < 4.78 is 64.6. The predicted octanol–water partition coefficient (Wildman–Crippen LogP) is 1.83. The number of halogens is 3. The van der Waals surface area contributed by atoms with Crippen molar-refractivity contribution in [2.24, 2.45) is 0 Å². The number of aromatic nitrogens is 1. The van der Waals surface area contributed by atoms with E-state index >= 15 is 0 Å². The molecule has 24 heavy (non-hydrogen) atoms. The number of alkyl halides is 3. The van der Waals surface area contributed by atoms with Crippen molar-refractivity contribution >= 4 is 15.9 Å². The number of amides is 1. The van der Waals surface area contributed by atoms with Crippen LogP contribution in [0.25, 0.3) is 0 Å². The van der Waals surface area contributed by atoms with Crippen LogP contribution < -0.4 is 5.32 Å². The van der Waals surface area contributed by atoms with Gasteiger partial charge in [0.05, 0.1) is 23.6 Å². The molecule has 0 saturated carbocycles. The maximum Gasteiger partial charge on any atom is 0.416 e. The van der Waals surface area contributed by atoms with Crippen LogP contribution in [0.4, 0.5) is 13.2 Å². The lowest BCUT2D eigenvalue weighted by atomic mass is 10.0. The molecule has 0 unspecified atom stereocenters. The zero-order chi connectivity index (χ0) is 18.1. The monoisotopic (exact) mass is 365 g/mol. The second kappa shape index (κ2) is 6.67. The molecule has 134 valence electrons. The minimum Gasteiger partial charge on any atom is -0.352 e. The van der Waals surface area contributed by atoms with Gasteiger partial charge in [-0.05, 0) is 18.9 Å². The third-order valence-corrected chi connectivity index (χ3v) is 5.10. The van der Waals surface area contributed by atoms with Crippen molar-refractivity contribution in [2.45, 2.75) is 38.5 Å². The Morgan fingerprint density at radius 2 is 2.12 bits per heavy atom. The fourth-order valence-corrected chi connectivity index (χ4v) is 3.88. The number of rotatable bonds is 4. The summed E-state index contributed by atoms with van der Waals surface area (Å²) >= 11 is 0. The molecule has 6 nitrogen and oxygen atoms in total. The quantitative estimate of drug-likeness (QED) is 0.883. The van der Waals surface area contributed by atoms with Crippen molar-refractivity contribution in [3.05, 3.63) is 29.1 Å². The van der Waals surface area contributed by atoms with Crippen molar-refractivity contribution in [3.63, 3.8) is 0 Å². The van der Waals surface area contributed by atoms with E-state index in [-0.39, 0.29) is 24.3 Å². The second-order valence-corrected chi connectivity index (χ2v) is 7.64. The van der Waals surface area contributed by atoms with Crippen molar-refractivity contribution in [1.82, 2.24) is 14.6 Å². The number of hydrogen-bond donors (Lipinski definition) is 1. The molecule has 1 N–H and O–H groups in total. The normalized spacial score (nSPS) is 19.5. The lowest BCUT2D eigenvalue weighted by molar-refractivity contribution is -0.138. The number of nitrogens with zero attached hydrogens (tertiary/aromatic N) is 2. The minimum absolute atomic E-state index is 0.0665. The van der Waals surface area contributed by atoms with Crippen LogP contribution in [0.2, 0.25) is 0 Å². The van der Waals surface area contributed by atoms with Gasteiger partial charge in [0.2, 0.25) is 15.9 Å². The van der Waals surface area contributed by atoms with E-state index in [0.29, 0.717) is 12.8 Å². The fourth-order valence-electron chi connectivity index (χ4n) is 2.74. The van der Waals surface area contributed by atoms with Gasteiger partial charge in [0.15, 0.2) is 0 Å². The molecule has 0 aromatic carbocycles. The molecule has 0 radical (unpaired) electrons. The van der Waals surface area contributed by atoms with Crippen LogP contribution >= 0.6 is 0 Å². The number of carbonyl (C=O) groups excluding carboxylic acids is 1. The van der Waals surface area contributed by atoms with E-state index in [1.54, 1.807) is 0 Å². The number of pyridine rings is 1. The first-order valence-electron chi connectivity index (χ1n) is 7.27. The molecule has 0 bridgehead atoms. The first-order valence-corrected chi connectivity index (χ1v) is 9.12. The Labute approximate surface area is 138 Å². The van der Waals surface area contributed by atoms with Crippen molar-refractivity contribution in [2.75, 3.05) is 12.8 Å². The van der Waals surface area contributed by atoms with Crippen molar-refractivity contribution in [1.29, 1.82) is 0 Å². The van der Waals surface area contributed by atoms with Crippen LogP contribution in [0.5, 0.6) is 0 Å². The van der Waals surface area contributed by atoms with Gasteiger partial charge in [-0.1, -0.05) is 0 Å². The molecule has 0 spiro atoms. The molecule has 1 aliphatic heterocycles. The maximum atomic E-state index is 13.3. The molecule has 10 heteroatoms. The van der Waals surface area contributed by atoms with Gasteiger partial charge >= 0.3 is 6.18 Å². The summed E-state index contributed by atoms with van der Waals surface area (Å²) in [7, 11) is -3.52. The highest BCUT2D eigenvalue weighted by Crippen LogP contribution is 2.37. The molecule has 1 atom stereocenters. The number of hydrogen-bond acceptors (Lipinski definition) is 4. The summed E-state index contributed by atoms with van der Waals surface area (Å²) in [6.07, 6.45) is -1.56. The Bertz CT molecular complexity index is 735. The van der Waals surface area contributed by atoms with Gasteiger partial charge in [-0.2, -0.15) is 17.5 Å². The van der Waals surface area contributed by atoms with Crippen LogP contribution in [0.15, 0.2) is 12.3 Å². The lowest BCUT2D eigenvalue weighted by Crippen LogP contribution is -2.30. The van der Waals surface area contributed by atoms with E-state index < -0.39 is 33.7 Å². The molecular weight excluding hydrogens is 347 g/mol. The topological polar surface area (TPSA) is 79.4 Å². The van der Waals surface area contributed by atoms with Crippen LogP contribution in [-0.2, 0) is 27.5 Å². The van der Waals surface area contributed by atoms with Crippen LogP contribution in [0, 0.1) is 0 Å². The number of nitrogens with one attached hydrogen (secondary N) is 1. The fraction of sp³-hybridized carbons (Fsp3) is 0.571. The smallest absolute Gasteiger partial charge is 0.352 e. The average Bonchev–Trinajstić information content (AvgIpc) is 2.93. The number of sulfonamides is 1. The SMILES string of the molecule is CC(=O)NCc1cnc([C@@H]2CCCN2S(C)(=O)=O)cc1C(F)(F)F. The minimum atomic E-state index is -4.62. The standard InChI is InChI=1S/C14H18F3N3O3S/c1-9(21)18-7-10-8-19-12(6-11(10)14(15,16)17)13-4-3-5-20(13)24(2,22)23/h6,8,13H,3-5,7H2,1-2H3,(H,18,21)/t13-/m0/s1. The van der Waals surface area contributed by atoms with Crippen LogP contribution in [0.1, 0.15) is 42.6 Å². The van der Waals surface area contributed by atoms with E-state index in [1.165, 1.54) is 11.2 Å². The Hall–Kier alpha value is -1.68. The molecule has 1 saturated heterocycles. The summed E-state index contributed by atoms with van der Waals surface area (Å²) in [5, 5.41) is 2.31. The van der Waals surface area contributed by atoms with Gasteiger partial charge in [-0.3, -0.25) is 9.78 Å². The van der Waals surface area contributed by atoms with Gasteiger partial charge in [0.1, 0.15) is 0 Å². The number of carbonyl (C=O) groups is 1. The summed E-state index contributed by atoms with van der Waals surface area (Å²) in [6.45, 7) is 1.18. The van der Waals surface area contributed by atoms with E-state index in [2.05, 4.69) is 10.3 Å². The first kappa shape index (κ1) is 18.7. The van der Waals surface area contributed by atoms with E-state index in [1.807, 2.05) is 0 Å². The van der Waals surface area contributed by atoms with Crippen LogP contribution in [-0.4, -0.2) is 36.4 Å². The summed E-state index contributed by atoms with van der Waals surface area (Å²) in [4.78, 5) is 14.9. The molecule has 2 rings (SSSR count). The highest BCUT2D eigenvalue weighted by atomic mass is 32.2. The van der Waals surface area contributed by atoms with E-state index in [0.717, 1.165) is 18.5 Å². The Kier molecular flexibility index (Phi) is 5.19. The molecule has 1 aliphatic rings. The molecule has 1 aromatic rings. The third-order valence-electron chi connectivity index (χ3n) is 3.81. The average molecular weight is 365 g/mol. The molecule has 2 heterocycles. The Balaban J connectivity index is 2.41. The maximum absolute atomic E-state index is 13.3. The van der Waals surface area contributed by atoms with Crippen molar-refractivity contribution < 1.29 is 26.4 Å². The predicted molar refractivity (Wildman–Crippen MR) is 80.3 cm³/mol. The Morgan fingerprint density at radius 1 is 1.46 bits per heavy atom. The molecule has 0 aliphatic carbocycles. The highest BCUT2D eigenvalue weighted by Gasteiger charge is 2.38. The summed E-state index contributed by atoms with van der Waals surface area (Å²) in [5.74, 6) is -0.453. The van der Waals surface area contributed by atoms with Gasteiger partial charge in [-0.15, -0.1) is 0 Å². The van der Waals surface area contributed by atoms with Gasteiger partial charge in [0.25, 0.3) is 0 Å². The summed E-state index contributed by atoms with van der Waals surface area (Å²) in [5.41, 5.74) is -1.01. The molecular formula is C14H18F3N3O3S. The zero-order valence-corrected chi connectivity index (χ0v) is 14.0. The van der Waals surface area contributed by atoms with E-state index in [4.69, 9.17) is 0 Å². The second-order valence-electron chi connectivity index (χ2n) is 5.71. The van der Waals surface area contributed by atoms with E-state index in [9.17, 15) is 26.4 Å². The van der Waals surface area contributed by atoms with Gasteiger partial charge < -0.3 is 5.32 Å².